The van der Waals surface area contributed by atoms with Gasteiger partial charge in [-0.25, -0.2) is 0 Å². The van der Waals surface area contributed by atoms with E-state index in [1.165, 1.54) is 0 Å². The Labute approximate surface area is 138 Å². The van der Waals surface area contributed by atoms with Crippen LogP contribution in [-0.2, 0) is 11.2 Å². The summed E-state index contributed by atoms with van der Waals surface area (Å²) in [6.07, 6.45) is 1.27. The van der Waals surface area contributed by atoms with Crippen molar-refractivity contribution in [2.24, 2.45) is 0 Å². The van der Waals surface area contributed by atoms with Crippen LogP contribution in [-0.4, -0.2) is 64.3 Å². The van der Waals surface area contributed by atoms with Gasteiger partial charge in [-0.05, 0) is 31.2 Å². The highest BCUT2D eigenvalue weighted by Crippen LogP contribution is 2.24. The summed E-state index contributed by atoms with van der Waals surface area (Å²) in [5, 5.41) is 6.32. The molecule has 0 atom stereocenters. The van der Waals surface area contributed by atoms with E-state index >= 15 is 0 Å². The zero-order valence-electron chi connectivity index (χ0n) is 14.1. The van der Waals surface area contributed by atoms with Gasteiger partial charge in [0.2, 0.25) is 5.91 Å². The van der Waals surface area contributed by atoms with E-state index in [0.717, 1.165) is 50.5 Å². The summed E-state index contributed by atoms with van der Waals surface area (Å²) < 4.78 is 10.5. The monoisotopic (exact) mass is 321 g/mol. The maximum atomic E-state index is 12.1. The van der Waals surface area contributed by atoms with Crippen molar-refractivity contribution in [3.8, 4) is 11.5 Å². The molecule has 0 bridgehead atoms. The molecule has 0 aromatic heterocycles. The highest BCUT2D eigenvalue weighted by atomic mass is 16.5. The van der Waals surface area contributed by atoms with Crippen LogP contribution >= 0.6 is 0 Å². The minimum absolute atomic E-state index is 0.0110. The second-order valence-corrected chi connectivity index (χ2v) is 5.65. The lowest BCUT2D eigenvalue weighted by Gasteiger charge is -2.27. The van der Waals surface area contributed by atoms with Gasteiger partial charge in [-0.3, -0.25) is 4.79 Å². The molecule has 1 aromatic rings. The van der Waals surface area contributed by atoms with Crippen LogP contribution in [0.15, 0.2) is 18.2 Å². The van der Waals surface area contributed by atoms with E-state index < -0.39 is 0 Å². The van der Waals surface area contributed by atoms with Crippen molar-refractivity contribution < 1.29 is 14.3 Å². The van der Waals surface area contributed by atoms with Crippen LogP contribution in [0.2, 0.25) is 0 Å². The molecule has 0 aliphatic carbocycles. The van der Waals surface area contributed by atoms with Crippen molar-refractivity contribution in [2.45, 2.75) is 12.8 Å². The fourth-order valence-electron chi connectivity index (χ4n) is 2.72. The normalized spacial score (nSPS) is 15.2. The van der Waals surface area contributed by atoms with Crippen molar-refractivity contribution in [1.29, 1.82) is 0 Å². The summed E-state index contributed by atoms with van der Waals surface area (Å²) in [4.78, 5) is 14.5. The summed E-state index contributed by atoms with van der Waals surface area (Å²) in [7, 11) is 3.22. The van der Waals surface area contributed by atoms with Gasteiger partial charge < -0.3 is 25.0 Å². The fraction of sp³-hybridized carbons (Fsp3) is 0.588. The maximum absolute atomic E-state index is 12.1. The number of benzene rings is 1. The highest BCUT2D eigenvalue weighted by Gasteiger charge is 2.11. The molecule has 1 fully saturated rings. The Morgan fingerprint density at radius 2 is 2.04 bits per heavy atom. The Morgan fingerprint density at radius 3 is 2.74 bits per heavy atom. The van der Waals surface area contributed by atoms with Gasteiger partial charge in [0.1, 0.15) is 11.5 Å². The average molecular weight is 321 g/mol. The highest BCUT2D eigenvalue weighted by molar-refractivity contribution is 5.79. The van der Waals surface area contributed by atoms with Crippen LogP contribution < -0.4 is 20.1 Å². The minimum atomic E-state index is 0.0110. The van der Waals surface area contributed by atoms with Crippen LogP contribution in [0.4, 0.5) is 0 Å². The van der Waals surface area contributed by atoms with Gasteiger partial charge in [0, 0.05) is 38.3 Å². The van der Waals surface area contributed by atoms with E-state index in [1.807, 2.05) is 18.2 Å². The Balaban J connectivity index is 1.73. The number of hydrogen-bond donors (Lipinski definition) is 2. The molecular weight excluding hydrogens is 294 g/mol. The second kappa shape index (κ2) is 9.37. The number of carbonyl (C=O) groups is 1. The molecule has 6 heteroatoms. The van der Waals surface area contributed by atoms with Gasteiger partial charge in [-0.15, -0.1) is 0 Å². The van der Waals surface area contributed by atoms with Crippen molar-refractivity contribution in [3.63, 3.8) is 0 Å². The quantitative estimate of drug-likeness (QED) is 0.689. The lowest BCUT2D eigenvalue weighted by molar-refractivity contribution is -0.120. The Kier molecular flexibility index (Phi) is 7.16. The molecule has 1 amide bonds. The van der Waals surface area contributed by atoms with E-state index in [0.29, 0.717) is 18.7 Å². The smallest absolute Gasteiger partial charge is 0.224 e. The first-order chi connectivity index (χ1) is 11.2. The van der Waals surface area contributed by atoms with Crippen molar-refractivity contribution in [1.82, 2.24) is 15.5 Å². The topological polar surface area (TPSA) is 62.8 Å². The molecule has 0 radical (unpaired) electrons. The summed E-state index contributed by atoms with van der Waals surface area (Å²) >= 11 is 0. The second-order valence-electron chi connectivity index (χ2n) is 5.65. The molecule has 2 rings (SSSR count). The van der Waals surface area contributed by atoms with Gasteiger partial charge in [-0.2, -0.15) is 0 Å². The first-order valence-corrected chi connectivity index (χ1v) is 8.13. The van der Waals surface area contributed by atoms with Crippen LogP contribution in [0, 0.1) is 0 Å². The number of carbonyl (C=O) groups excluding carboxylic acids is 1. The molecule has 1 aliphatic rings. The summed E-state index contributed by atoms with van der Waals surface area (Å²) in [5.41, 5.74) is 0.839. The largest absolute Gasteiger partial charge is 0.497 e. The number of piperazine rings is 1. The summed E-state index contributed by atoms with van der Waals surface area (Å²) in [6, 6.07) is 5.50. The molecule has 0 unspecified atom stereocenters. The lowest BCUT2D eigenvalue weighted by Crippen LogP contribution is -2.44. The predicted octanol–water partition coefficient (Wildman–Crippen LogP) is 0.658. The standard InChI is InChI=1S/C17H27N3O3/c1-22-15-4-5-16(23-2)14(12-15)13-17(21)19-6-3-9-20-10-7-18-8-11-20/h4-5,12,18H,3,6-11,13H2,1-2H3,(H,19,21). The van der Waals surface area contributed by atoms with Crippen LogP contribution in [0.3, 0.4) is 0 Å². The van der Waals surface area contributed by atoms with E-state index in [1.54, 1.807) is 14.2 Å². The third-order valence-corrected chi connectivity index (χ3v) is 4.02. The number of hydrogen-bond acceptors (Lipinski definition) is 5. The number of rotatable bonds is 8. The lowest BCUT2D eigenvalue weighted by atomic mass is 10.1. The van der Waals surface area contributed by atoms with Gasteiger partial charge >= 0.3 is 0 Å². The molecule has 0 spiro atoms. The predicted molar refractivity (Wildman–Crippen MR) is 90.2 cm³/mol. The first-order valence-electron chi connectivity index (χ1n) is 8.13. The molecule has 23 heavy (non-hydrogen) atoms. The van der Waals surface area contributed by atoms with E-state index in [2.05, 4.69) is 15.5 Å². The molecule has 6 nitrogen and oxygen atoms in total. The van der Waals surface area contributed by atoms with Crippen LogP contribution in [0.1, 0.15) is 12.0 Å². The summed E-state index contributed by atoms with van der Waals surface area (Å²) in [6.45, 7) is 6.04. The van der Waals surface area contributed by atoms with Gasteiger partial charge in [0.25, 0.3) is 0 Å². The van der Waals surface area contributed by atoms with E-state index in [-0.39, 0.29) is 5.91 Å². The number of nitrogens with zero attached hydrogens (tertiary/aromatic N) is 1. The molecule has 1 aromatic carbocycles. The Morgan fingerprint density at radius 1 is 1.26 bits per heavy atom. The minimum Gasteiger partial charge on any atom is -0.497 e. The number of ether oxygens (including phenoxy) is 2. The molecular formula is C17H27N3O3. The molecule has 128 valence electrons. The number of amides is 1. The van der Waals surface area contributed by atoms with Gasteiger partial charge in [0.15, 0.2) is 0 Å². The number of methoxy groups -OCH3 is 2. The molecule has 1 saturated heterocycles. The zero-order chi connectivity index (χ0) is 16.5. The Bertz CT molecular complexity index is 502. The Hall–Kier alpha value is -1.79. The van der Waals surface area contributed by atoms with Crippen LogP contribution in [0.25, 0.3) is 0 Å². The zero-order valence-corrected chi connectivity index (χ0v) is 14.1. The van der Waals surface area contributed by atoms with Crippen molar-refractivity contribution in [3.05, 3.63) is 23.8 Å². The van der Waals surface area contributed by atoms with Gasteiger partial charge in [0.05, 0.1) is 20.6 Å². The molecule has 1 aliphatic heterocycles. The summed E-state index contributed by atoms with van der Waals surface area (Å²) in [5.74, 6) is 1.45. The average Bonchev–Trinajstić information content (AvgIpc) is 2.59. The first kappa shape index (κ1) is 17.6. The fourth-order valence-corrected chi connectivity index (χ4v) is 2.72. The van der Waals surface area contributed by atoms with Crippen molar-refractivity contribution in [2.75, 3.05) is 53.5 Å². The molecule has 2 N–H and O–H groups in total. The third kappa shape index (κ3) is 5.73. The SMILES string of the molecule is COc1ccc(OC)c(CC(=O)NCCCN2CCNCC2)c1. The van der Waals surface area contributed by atoms with Crippen LogP contribution in [0.5, 0.6) is 11.5 Å². The van der Waals surface area contributed by atoms with Crippen molar-refractivity contribution >= 4 is 5.91 Å². The van der Waals surface area contributed by atoms with Gasteiger partial charge in [-0.1, -0.05) is 0 Å². The third-order valence-electron chi connectivity index (χ3n) is 4.02. The van der Waals surface area contributed by atoms with E-state index in [9.17, 15) is 4.79 Å². The molecule has 0 saturated carbocycles. The number of nitrogens with one attached hydrogen (secondary N) is 2. The van der Waals surface area contributed by atoms with E-state index in [4.69, 9.17) is 9.47 Å². The molecule has 1 heterocycles. The maximum Gasteiger partial charge on any atom is 0.224 e.